The molecule has 0 aliphatic rings. The predicted molar refractivity (Wildman–Crippen MR) is 107 cm³/mol. The van der Waals surface area contributed by atoms with Gasteiger partial charge in [-0.2, -0.15) is 5.10 Å². The van der Waals surface area contributed by atoms with Gasteiger partial charge in [-0.25, -0.2) is 8.78 Å². The van der Waals surface area contributed by atoms with Crippen molar-refractivity contribution in [3.8, 4) is 11.1 Å². The van der Waals surface area contributed by atoms with Crippen molar-refractivity contribution in [2.45, 2.75) is 25.8 Å². The number of nitrogens with zero attached hydrogens (tertiary/aromatic N) is 1. The number of nitrogens with two attached hydrogens (primary N) is 1. The molecule has 0 radical (unpaired) electrons. The fourth-order valence-electron chi connectivity index (χ4n) is 2.89. The summed E-state index contributed by atoms with van der Waals surface area (Å²) in [5.74, 6) is -2.11. The Morgan fingerprint density at radius 3 is 2.71 bits per heavy atom. The molecule has 5 nitrogen and oxygen atoms in total. The summed E-state index contributed by atoms with van der Waals surface area (Å²) in [4.78, 5) is 14.2. The van der Waals surface area contributed by atoms with Crippen molar-refractivity contribution in [1.82, 2.24) is 15.5 Å². The van der Waals surface area contributed by atoms with Crippen molar-refractivity contribution in [1.29, 1.82) is 0 Å². The number of H-pyrrole nitrogens is 1. The molecule has 148 valence electrons. The van der Waals surface area contributed by atoms with Crippen LogP contribution in [0.1, 0.15) is 27.0 Å². The zero-order chi connectivity index (χ0) is 20.3. The van der Waals surface area contributed by atoms with Crippen molar-refractivity contribution < 1.29 is 13.6 Å². The highest BCUT2D eigenvalue weighted by atomic mass is 35.5. The molecule has 1 atom stereocenters. The number of nitrogens with one attached hydrogen (secondary N) is 2. The lowest BCUT2D eigenvalue weighted by Gasteiger charge is -2.16. The van der Waals surface area contributed by atoms with Crippen LogP contribution in [-0.4, -0.2) is 28.7 Å². The molecule has 0 fully saturated rings. The topological polar surface area (TPSA) is 83.8 Å². The van der Waals surface area contributed by atoms with E-state index in [0.717, 1.165) is 34.6 Å². The largest absolute Gasteiger partial charge is 0.347 e. The average molecular weight is 425 g/mol. The minimum atomic E-state index is -0.924. The van der Waals surface area contributed by atoms with E-state index in [0.29, 0.717) is 22.0 Å². The Morgan fingerprint density at radius 2 is 2.11 bits per heavy atom. The highest BCUT2D eigenvalue weighted by Crippen LogP contribution is 2.35. The number of aromatic amines is 1. The molecule has 4 N–H and O–H groups in total. The van der Waals surface area contributed by atoms with Gasteiger partial charge in [-0.15, -0.1) is 11.3 Å². The molecular formula is C19H19ClF2N4OS. The lowest BCUT2D eigenvalue weighted by Crippen LogP contribution is -2.41. The van der Waals surface area contributed by atoms with Crippen LogP contribution < -0.4 is 11.1 Å². The first-order valence-electron chi connectivity index (χ1n) is 8.69. The molecule has 0 aliphatic heterocycles. The van der Waals surface area contributed by atoms with Gasteiger partial charge in [-0.1, -0.05) is 24.6 Å². The van der Waals surface area contributed by atoms with Gasteiger partial charge in [0.25, 0.3) is 5.91 Å². The Kier molecular flexibility index (Phi) is 6.43. The van der Waals surface area contributed by atoms with Crippen LogP contribution in [0.2, 0.25) is 5.15 Å². The molecule has 0 unspecified atom stereocenters. The summed E-state index contributed by atoms with van der Waals surface area (Å²) in [7, 11) is 0. The van der Waals surface area contributed by atoms with Gasteiger partial charge in [0, 0.05) is 28.6 Å². The van der Waals surface area contributed by atoms with Crippen LogP contribution in [0, 0.1) is 11.6 Å². The lowest BCUT2D eigenvalue weighted by atomic mass is 10.1. The van der Waals surface area contributed by atoms with Crippen molar-refractivity contribution in [2.24, 2.45) is 5.73 Å². The number of amides is 1. The molecule has 3 rings (SSSR count). The zero-order valence-electron chi connectivity index (χ0n) is 15.1. The predicted octanol–water partition coefficient (Wildman–Crippen LogP) is 3.93. The summed E-state index contributed by atoms with van der Waals surface area (Å²) in [6.07, 6.45) is 2.66. The third-order valence-corrected chi connectivity index (χ3v) is 5.89. The monoisotopic (exact) mass is 424 g/mol. The van der Waals surface area contributed by atoms with E-state index in [1.165, 1.54) is 17.4 Å². The van der Waals surface area contributed by atoms with Gasteiger partial charge in [0.2, 0.25) is 0 Å². The van der Waals surface area contributed by atoms with Gasteiger partial charge in [0.05, 0.1) is 11.1 Å². The number of aromatic nitrogens is 2. The van der Waals surface area contributed by atoms with Gasteiger partial charge in [-0.3, -0.25) is 9.89 Å². The summed E-state index contributed by atoms with van der Waals surface area (Å²) in [5.41, 5.74) is 7.92. The molecule has 1 aromatic carbocycles. The summed E-state index contributed by atoms with van der Waals surface area (Å²) in [5, 5.41) is 9.88. The highest BCUT2D eigenvalue weighted by molar-refractivity contribution is 7.14. The molecule has 9 heteroatoms. The molecule has 3 aromatic rings. The summed E-state index contributed by atoms with van der Waals surface area (Å²) < 4.78 is 26.5. The zero-order valence-corrected chi connectivity index (χ0v) is 16.6. The Morgan fingerprint density at radius 1 is 1.32 bits per heavy atom. The maximum Gasteiger partial charge on any atom is 0.261 e. The number of halogens is 3. The lowest BCUT2D eigenvalue weighted by molar-refractivity contribution is 0.0942. The summed E-state index contributed by atoms with van der Waals surface area (Å²) in [6, 6.07) is 5.02. The van der Waals surface area contributed by atoms with E-state index in [9.17, 15) is 13.6 Å². The second-order valence-corrected chi connectivity index (χ2v) is 7.77. The first kappa shape index (κ1) is 20.4. The molecule has 1 amide bonds. The van der Waals surface area contributed by atoms with E-state index < -0.39 is 17.7 Å². The van der Waals surface area contributed by atoms with E-state index in [1.54, 1.807) is 12.3 Å². The number of hydrogen-bond acceptors (Lipinski definition) is 4. The quantitative estimate of drug-likeness (QED) is 0.537. The second-order valence-electron chi connectivity index (χ2n) is 6.26. The fourth-order valence-corrected chi connectivity index (χ4v) is 4.11. The normalized spacial score (nSPS) is 12.2. The Labute approximate surface area is 169 Å². The molecular weight excluding hydrogens is 406 g/mol. The van der Waals surface area contributed by atoms with Crippen LogP contribution in [0.3, 0.4) is 0 Å². The minimum absolute atomic E-state index is 0.164. The van der Waals surface area contributed by atoms with Gasteiger partial charge in [0.15, 0.2) is 11.6 Å². The maximum atomic E-state index is 13.4. The van der Waals surface area contributed by atoms with Crippen LogP contribution in [0.4, 0.5) is 8.78 Å². The molecule has 2 aromatic heterocycles. The standard InChI is InChI=1S/C19H19ClF2N4OS/c1-2-16-12(13-9-24-26-18(13)20)7-17(28-16)19(27)25-11(8-23)5-10-3-4-14(21)15(22)6-10/h3-4,6-7,9,11H,2,5,8,23H2,1H3,(H,24,26)(H,25,27)/t11-/m0/s1. The smallest absolute Gasteiger partial charge is 0.261 e. The Hall–Kier alpha value is -2.29. The van der Waals surface area contributed by atoms with E-state index in [2.05, 4.69) is 15.5 Å². The molecule has 0 bridgehead atoms. The average Bonchev–Trinajstić information content (AvgIpc) is 3.29. The van der Waals surface area contributed by atoms with Crippen molar-refractivity contribution in [2.75, 3.05) is 6.54 Å². The van der Waals surface area contributed by atoms with Crippen LogP contribution in [0.15, 0.2) is 30.5 Å². The Bertz CT molecular complexity index is 988. The number of hydrogen-bond donors (Lipinski definition) is 3. The molecule has 0 spiro atoms. The van der Waals surface area contributed by atoms with Crippen molar-refractivity contribution in [3.63, 3.8) is 0 Å². The SMILES string of the molecule is CCc1sc(C(=O)N[C@H](CN)Cc2ccc(F)c(F)c2)cc1-c1cn[nH]c1Cl. The highest BCUT2D eigenvalue weighted by Gasteiger charge is 2.20. The van der Waals surface area contributed by atoms with E-state index >= 15 is 0 Å². The van der Waals surface area contributed by atoms with Gasteiger partial charge < -0.3 is 11.1 Å². The van der Waals surface area contributed by atoms with E-state index in [4.69, 9.17) is 17.3 Å². The summed E-state index contributed by atoms with van der Waals surface area (Å²) >= 11 is 7.50. The maximum absolute atomic E-state index is 13.4. The minimum Gasteiger partial charge on any atom is -0.347 e. The number of carbonyl (C=O) groups is 1. The Balaban J connectivity index is 1.76. The van der Waals surface area contributed by atoms with E-state index in [1.807, 2.05) is 6.92 Å². The van der Waals surface area contributed by atoms with Gasteiger partial charge in [-0.05, 0) is 36.6 Å². The third-order valence-electron chi connectivity index (χ3n) is 4.32. The second kappa shape index (κ2) is 8.81. The number of benzene rings is 1. The number of aryl methyl sites for hydroxylation is 1. The van der Waals surface area contributed by atoms with Crippen LogP contribution >= 0.6 is 22.9 Å². The third kappa shape index (κ3) is 4.40. The number of carbonyl (C=O) groups excluding carboxylic acids is 1. The van der Waals surface area contributed by atoms with Crippen molar-refractivity contribution >= 4 is 28.8 Å². The van der Waals surface area contributed by atoms with Crippen molar-refractivity contribution in [3.05, 3.63) is 62.6 Å². The molecule has 2 heterocycles. The number of rotatable bonds is 7. The molecule has 0 saturated heterocycles. The first-order chi connectivity index (χ1) is 13.4. The molecule has 28 heavy (non-hydrogen) atoms. The number of thiophene rings is 1. The molecule has 0 aliphatic carbocycles. The van der Waals surface area contributed by atoms with Crippen LogP contribution in [-0.2, 0) is 12.8 Å². The van der Waals surface area contributed by atoms with E-state index in [-0.39, 0.29) is 12.5 Å². The summed E-state index contributed by atoms with van der Waals surface area (Å²) in [6.45, 7) is 2.16. The fraction of sp³-hybridized carbons (Fsp3) is 0.263. The molecule has 0 saturated carbocycles. The van der Waals surface area contributed by atoms with Gasteiger partial charge in [0.1, 0.15) is 5.15 Å². The van der Waals surface area contributed by atoms with Crippen LogP contribution in [0.25, 0.3) is 11.1 Å². The first-order valence-corrected chi connectivity index (χ1v) is 9.89. The van der Waals surface area contributed by atoms with Crippen LogP contribution in [0.5, 0.6) is 0 Å². The van der Waals surface area contributed by atoms with Gasteiger partial charge >= 0.3 is 0 Å².